The third-order valence-electron chi connectivity index (χ3n) is 4.51. The molecule has 0 unspecified atom stereocenters. The Morgan fingerprint density at radius 3 is 2.48 bits per heavy atom. The standard InChI is InChI=1S/C23H25N3O/c1-19-8-5-6-10-21(19)18-26(17-20-9-7-14-24-16-20)23(27)13-15-25-22-11-3-2-4-12-22/h2-12,14,16,25H,13,15,17-18H2,1H3. The number of hydrogen-bond acceptors (Lipinski definition) is 3. The van der Waals surface area contributed by atoms with Crippen molar-refractivity contribution in [3.8, 4) is 0 Å². The number of nitrogens with zero attached hydrogens (tertiary/aromatic N) is 2. The lowest BCUT2D eigenvalue weighted by atomic mass is 10.1. The molecule has 0 aliphatic rings. The zero-order chi connectivity index (χ0) is 18.9. The van der Waals surface area contributed by atoms with Crippen molar-refractivity contribution in [2.45, 2.75) is 26.4 Å². The number of rotatable bonds is 8. The number of carbonyl (C=O) groups is 1. The minimum Gasteiger partial charge on any atom is -0.385 e. The summed E-state index contributed by atoms with van der Waals surface area (Å²) in [5, 5.41) is 3.31. The van der Waals surface area contributed by atoms with E-state index in [1.54, 1.807) is 6.20 Å². The smallest absolute Gasteiger partial charge is 0.224 e. The van der Waals surface area contributed by atoms with Crippen LogP contribution >= 0.6 is 0 Å². The average molecular weight is 359 g/mol. The molecule has 0 atom stereocenters. The first-order valence-corrected chi connectivity index (χ1v) is 9.22. The summed E-state index contributed by atoms with van der Waals surface area (Å²) < 4.78 is 0. The van der Waals surface area contributed by atoms with Crippen LogP contribution in [0.15, 0.2) is 79.1 Å². The molecular weight excluding hydrogens is 334 g/mol. The highest BCUT2D eigenvalue weighted by atomic mass is 16.2. The lowest BCUT2D eigenvalue weighted by Crippen LogP contribution is -2.31. The SMILES string of the molecule is Cc1ccccc1CN(Cc1cccnc1)C(=O)CCNc1ccccc1. The van der Waals surface area contributed by atoms with Gasteiger partial charge in [-0.2, -0.15) is 0 Å². The Bertz CT molecular complexity index is 850. The van der Waals surface area contributed by atoms with E-state index in [1.165, 1.54) is 11.1 Å². The number of hydrogen-bond donors (Lipinski definition) is 1. The van der Waals surface area contributed by atoms with Crippen LogP contribution in [0.2, 0.25) is 0 Å². The molecule has 0 radical (unpaired) electrons. The number of aryl methyl sites for hydroxylation is 1. The Kier molecular flexibility index (Phi) is 6.58. The van der Waals surface area contributed by atoms with Gasteiger partial charge in [-0.3, -0.25) is 9.78 Å². The minimum atomic E-state index is 0.130. The van der Waals surface area contributed by atoms with Gasteiger partial charge in [0.15, 0.2) is 0 Å². The van der Waals surface area contributed by atoms with Gasteiger partial charge in [0.2, 0.25) is 5.91 Å². The molecule has 2 aromatic carbocycles. The zero-order valence-electron chi connectivity index (χ0n) is 15.6. The van der Waals surface area contributed by atoms with Crippen LogP contribution in [0, 0.1) is 6.92 Å². The number of nitrogens with one attached hydrogen (secondary N) is 1. The summed E-state index contributed by atoms with van der Waals surface area (Å²) in [6, 6.07) is 22.1. The topological polar surface area (TPSA) is 45.2 Å². The summed E-state index contributed by atoms with van der Waals surface area (Å²) in [4.78, 5) is 19.0. The van der Waals surface area contributed by atoms with E-state index >= 15 is 0 Å². The molecule has 27 heavy (non-hydrogen) atoms. The molecule has 3 rings (SSSR count). The van der Waals surface area contributed by atoms with Gasteiger partial charge in [0, 0.05) is 44.1 Å². The van der Waals surface area contributed by atoms with Crippen molar-refractivity contribution < 1.29 is 4.79 Å². The number of carbonyl (C=O) groups excluding carboxylic acids is 1. The summed E-state index contributed by atoms with van der Waals surface area (Å²) in [5.74, 6) is 0.130. The van der Waals surface area contributed by atoms with Crippen LogP contribution in [0.25, 0.3) is 0 Å². The molecule has 1 aromatic heterocycles. The molecule has 0 aliphatic heterocycles. The Balaban J connectivity index is 1.66. The first-order valence-electron chi connectivity index (χ1n) is 9.22. The van der Waals surface area contributed by atoms with Crippen molar-refractivity contribution in [1.29, 1.82) is 0 Å². The molecule has 0 bridgehead atoms. The summed E-state index contributed by atoms with van der Waals surface area (Å²) in [6.45, 7) is 3.86. The monoisotopic (exact) mass is 359 g/mol. The molecule has 0 spiro atoms. The zero-order valence-corrected chi connectivity index (χ0v) is 15.6. The third-order valence-corrected chi connectivity index (χ3v) is 4.51. The largest absolute Gasteiger partial charge is 0.385 e. The van der Waals surface area contributed by atoms with Gasteiger partial charge in [-0.25, -0.2) is 0 Å². The van der Waals surface area contributed by atoms with Gasteiger partial charge in [0.25, 0.3) is 0 Å². The van der Waals surface area contributed by atoms with Crippen LogP contribution in [0.4, 0.5) is 5.69 Å². The van der Waals surface area contributed by atoms with Crippen LogP contribution in [-0.2, 0) is 17.9 Å². The summed E-state index contributed by atoms with van der Waals surface area (Å²) in [5.41, 5.74) is 4.44. The fourth-order valence-electron chi connectivity index (χ4n) is 2.97. The van der Waals surface area contributed by atoms with Crippen molar-refractivity contribution in [3.05, 3.63) is 95.8 Å². The van der Waals surface area contributed by atoms with Gasteiger partial charge >= 0.3 is 0 Å². The van der Waals surface area contributed by atoms with E-state index in [-0.39, 0.29) is 5.91 Å². The van der Waals surface area contributed by atoms with Gasteiger partial charge in [-0.15, -0.1) is 0 Å². The van der Waals surface area contributed by atoms with Crippen molar-refractivity contribution in [3.63, 3.8) is 0 Å². The Morgan fingerprint density at radius 2 is 1.74 bits per heavy atom. The van der Waals surface area contributed by atoms with Gasteiger partial charge < -0.3 is 10.2 Å². The van der Waals surface area contributed by atoms with E-state index in [4.69, 9.17) is 0 Å². The molecule has 3 aromatic rings. The number of benzene rings is 2. The maximum absolute atomic E-state index is 12.9. The van der Waals surface area contributed by atoms with E-state index in [0.29, 0.717) is 26.1 Å². The lowest BCUT2D eigenvalue weighted by molar-refractivity contribution is -0.132. The second kappa shape index (κ2) is 9.53. The van der Waals surface area contributed by atoms with Crippen molar-refractivity contribution in [1.82, 2.24) is 9.88 Å². The predicted molar refractivity (Wildman–Crippen MR) is 109 cm³/mol. The molecule has 1 heterocycles. The second-order valence-electron chi connectivity index (χ2n) is 6.58. The predicted octanol–water partition coefficient (Wildman–Crippen LogP) is 4.42. The van der Waals surface area contributed by atoms with E-state index in [2.05, 4.69) is 29.4 Å². The van der Waals surface area contributed by atoms with Gasteiger partial charge in [0.05, 0.1) is 0 Å². The van der Waals surface area contributed by atoms with Crippen molar-refractivity contribution in [2.24, 2.45) is 0 Å². The Hall–Kier alpha value is -3.14. The summed E-state index contributed by atoms with van der Waals surface area (Å²) >= 11 is 0. The van der Waals surface area contributed by atoms with Gasteiger partial charge in [-0.05, 0) is 41.8 Å². The van der Waals surface area contributed by atoms with Gasteiger partial charge in [0.1, 0.15) is 0 Å². The maximum Gasteiger partial charge on any atom is 0.224 e. The number of aromatic nitrogens is 1. The lowest BCUT2D eigenvalue weighted by Gasteiger charge is -2.24. The quantitative estimate of drug-likeness (QED) is 0.647. The number of pyridine rings is 1. The highest BCUT2D eigenvalue weighted by molar-refractivity contribution is 5.76. The molecule has 0 aliphatic carbocycles. The fourth-order valence-corrected chi connectivity index (χ4v) is 2.97. The van der Waals surface area contributed by atoms with Crippen molar-refractivity contribution in [2.75, 3.05) is 11.9 Å². The van der Waals surface area contributed by atoms with E-state index in [1.807, 2.05) is 65.7 Å². The van der Waals surface area contributed by atoms with E-state index < -0.39 is 0 Å². The number of anilines is 1. The fraction of sp³-hybridized carbons (Fsp3) is 0.217. The molecule has 0 fully saturated rings. The third kappa shape index (κ3) is 5.68. The molecule has 1 amide bonds. The molecule has 1 N–H and O–H groups in total. The highest BCUT2D eigenvalue weighted by Crippen LogP contribution is 2.14. The maximum atomic E-state index is 12.9. The molecular formula is C23H25N3O. The Labute approximate surface area is 160 Å². The highest BCUT2D eigenvalue weighted by Gasteiger charge is 2.15. The normalized spacial score (nSPS) is 10.4. The first kappa shape index (κ1) is 18.6. The van der Waals surface area contributed by atoms with Crippen molar-refractivity contribution >= 4 is 11.6 Å². The van der Waals surface area contributed by atoms with Crippen LogP contribution in [0.3, 0.4) is 0 Å². The number of para-hydroxylation sites is 1. The van der Waals surface area contributed by atoms with Crippen LogP contribution in [0.1, 0.15) is 23.1 Å². The van der Waals surface area contributed by atoms with Crippen LogP contribution in [0.5, 0.6) is 0 Å². The average Bonchev–Trinajstić information content (AvgIpc) is 2.70. The van der Waals surface area contributed by atoms with E-state index in [9.17, 15) is 4.79 Å². The number of amides is 1. The molecule has 0 saturated carbocycles. The van der Waals surface area contributed by atoms with Gasteiger partial charge in [-0.1, -0.05) is 48.5 Å². The Morgan fingerprint density at radius 1 is 0.963 bits per heavy atom. The second-order valence-corrected chi connectivity index (χ2v) is 6.58. The summed E-state index contributed by atoms with van der Waals surface area (Å²) in [6.07, 6.45) is 4.02. The first-order chi connectivity index (χ1) is 13.2. The van der Waals surface area contributed by atoms with Crippen LogP contribution < -0.4 is 5.32 Å². The van der Waals surface area contributed by atoms with E-state index in [0.717, 1.165) is 11.3 Å². The molecule has 4 heteroatoms. The van der Waals surface area contributed by atoms with Crippen LogP contribution in [-0.4, -0.2) is 22.3 Å². The minimum absolute atomic E-state index is 0.130. The molecule has 138 valence electrons. The molecule has 4 nitrogen and oxygen atoms in total. The molecule has 0 saturated heterocycles. The summed E-state index contributed by atoms with van der Waals surface area (Å²) in [7, 11) is 0.